The summed E-state index contributed by atoms with van der Waals surface area (Å²) in [6.45, 7) is 0. The van der Waals surface area contributed by atoms with Gasteiger partial charge in [-0.15, -0.1) is 0 Å². The van der Waals surface area contributed by atoms with E-state index in [1.807, 2.05) is 28.8 Å². The van der Waals surface area contributed by atoms with Crippen LogP contribution in [0.25, 0.3) is 26.0 Å². The Morgan fingerprint density at radius 3 is 2.15 bits per heavy atom. The van der Waals surface area contributed by atoms with Crippen molar-refractivity contribution < 1.29 is 4.52 Å². The van der Waals surface area contributed by atoms with Crippen LogP contribution < -0.4 is 4.52 Å². The summed E-state index contributed by atoms with van der Waals surface area (Å²) in [7, 11) is 0. The second-order valence-electron chi connectivity index (χ2n) is 4.44. The molecule has 2 aromatic heterocycles. The molecule has 0 aliphatic rings. The maximum Gasteiger partial charge on any atom is 0.353 e. The van der Waals surface area contributed by atoms with Crippen LogP contribution in [0.3, 0.4) is 0 Å². The van der Waals surface area contributed by atoms with Gasteiger partial charge in [0.1, 0.15) is 0 Å². The van der Waals surface area contributed by atoms with Crippen LogP contribution in [0.15, 0.2) is 66.0 Å². The topological polar surface area (TPSA) is 17.0 Å². The molecular weight excluding hydrogens is 284 g/mol. The average Bonchev–Trinajstić information content (AvgIpc) is 3.09. The van der Waals surface area contributed by atoms with Gasteiger partial charge in [-0.2, -0.15) is 0 Å². The molecule has 96 valence electrons. The Bertz CT molecular complexity index is 848. The molecule has 20 heavy (non-hydrogen) atoms. The van der Waals surface area contributed by atoms with Gasteiger partial charge in [-0.25, -0.2) is 0 Å². The fraction of sp³-hybridized carbons (Fsp3) is 0. The van der Waals surface area contributed by atoms with Gasteiger partial charge >= 0.3 is 4.14 Å². The Labute approximate surface area is 124 Å². The zero-order valence-electron chi connectivity index (χ0n) is 10.6. The minimum Gasteiger partial charge on any atom is -0.0622 e. The molecule has 0 radical (unpaired) electrons. The predicted molar refractivity (Wildman–Crippen MR) is 84.0 cm³/mol. The number of aromatic nitrogens is 2. The highest BCUT2D eigenvalue weighted by molar-refractivity contribution is 7.36. The molecule has 2 aromatic carbocycles. The van der Waals surface area contributed by atoms with Crippen LogP contribution in [0.5, 0.6) is 0 Å². The molecule has 0 bridgehead atoms. The van der Waals surface area contributed by atoms with Crippen LogP contribution in [-0.4, -0.2) is 5.10 Å². The van der Waals surface area contributed by atoms with Crippen LogP contribution in [0, 0.1) is 0 Å². The number of benzene rings is 2. The van der Waals surface area contributed by atoms with Gasteiger partial charge in [0.25, 0.3) is 5.69 Å². The normalized spacial score (nSPS) is 11.0. The summed E-state index contributed by atoms with van der Waals surface area (Å²) in [4.78, 5) is 0. The van der Waals surface area contributed by atoms with Crippen LogP contribution in [0.1, 0.15) is 0 Å². The predicted octanol–water partition coefficient (Wildman–Crippen LogP) is 4.28. The maximum absolute atomic E-state index is 4.76. The molecule has 0 amide bonds. The second-order valence-corrected chi connectivity index (χ2v) is 6.53. The molecule has 0 unspecified atom stereocenters. The fourth-order valence-electron chi connectivity index (χ4n) is 2.16. The third-order valence-electron chi connectivity index (χ3n) is 3.14. The van der Waals surface area contributed by atoms with E-state index >= 15 is 0 Å². The van der Waals surface area contributed by atoms with Crippen molar-refractivity contribution in [3.05, 3.63) is 66.0 Å². The van der Waals surface area contributed by atoms with Crippen molar-refractivity contribution in [1.29, 1.82) is 0 Å². The molecule has 4 heteroatoms. The third kappa shape index (κ3) is 1.94. The number of thiazole rings is 1. The first-order chi connectivity index (χ1) is 9.92. The van der Waals surface area contributed by atoms with E-state index in [1.54, 1.807) is 22.7 Å². The van der Waals surface area contributed by atoms with Gasteiger partial charge in [0.05, 0.1) is 10.9 Å². The van der Waals surface area contributed by atoms with Crippen LogP contribution in [-0.2, 0) is 0 Å². The van der Waals surface area contributed by atoms with Gasteiger partial charge in [0, 0.05) is 10.7 Å². The average molecular weight is 295 g/mol. The minimum absolute atomic E-state index is 1.06. The highest BCUT2D eigenvalue weighted by atomic mass is 32.2. The van der Waals surface area contributed by atoms with Gasteiger partial charge in [0.15, 0.2) is 5.01 Å². The van der Waals surface area contributed by atoms with E-state index in [4.69, 9.17) is 5.10 Å². The summed E-state index contributed by atoms with van der Waals surface area (Å²) in [6, 6.07) is 20.7. The van der Waals surface area contributed by atoms with Crippen LogP contribution in [0.4, 0.5) is 0 Å². The Morgan fingerprint density at radius 2 is 1.45 bits per heavy atom. The first kappa shape index (κ1) is 11.8. The van der Waals surface area contributed by atoms with Crippen molar-refractivity contribution in [3.63, 3.8) is 0 Å². The molecular formula is C16H11N2S2+. The molecule has 0 spiro atoms. The lowest BCUT2D eigenvalue weighted by molar-refractivity contribution is -0.559. The standard InChI is InChI=1S/C16H11N2S2/c1-3-7-12(8-4-1)14-11-19-16-18(14)17-15(20-16)13-9-5-2-6-10-13/h1-11H/q+1. The number of fused-ring (bicyclic) bond motifs is 1. The number of hydrogen-bond acceptors (Lipinski definition) is 3. The molecule has 0 N–H and O–H groups in total. The summed E-state index contributed by atoms with van der Waals surface area (Å²) >= 11 is 3.48. The first-order valence-corrected chi connectivity index (χ1v) is 8.03. The van der Waals surface area contributed by atoms with E-state index in [9.17, 15) is 0 Å². The molecule has 0 fully saturated rings. The minimum atomic E-state index is 1.06. The summed E-state index contributed by atoms with van der Waals surface area (Å²) in [5.74, 6) is 0. The van der Waals surface area contributed by atoms with Gasteiger partial charge in [-0.3, -0.25) is 0 Å². The summed E-state index contributed by atoms with van der Waals surface area (Å²) < 4.78 is 3.26. The molecule has 0 aliphatic carbocycles. The lowest BCUT2D eigenvalue weighted by Crippen LogP contribution is -2.22. The highest BCUT2D eigenvalue weighted by Crippen LogP contribution is 2.28. The van der Waals surface area contributed by atoms with E-state index in [0.29, 0.717) is 0 Å². The van der Waals surface area contributed by atoms with E-state index in [2.05, 4.69) is 41.8 Å². The molecule has 0 aliphatic heterocycles. The fourth-order valence-corrected chi connectivity index (χ4v) is 4.19. The molecule has 0 atom stereocenters. The van der Waals surface area contributed by atoms with Crippen molar-refractivity contribution in [1.82, 2.24) is 5.10 Å². The van der Waals surface area contributed by atoms with Crippen LogP contribution >= 0.6 is 22.7 Å². The summed E-state index contributed by atoms with van der Waals surface area (Å²) in [5, 5.41) is 8.00. The van der Waals surface area contributed by atoms with Gasteiger partial charge < -0.3 is 0 Å². The third-order valence-corrected chi connectivity index (χ3v) is 5.25. The number of nitrogens with zero attached hydrogens (tertiary/aromatic N) is 2. The van der Waals surface area contributed by atoms with E-state index < -0.39 is 0 Å². The molecule has 2 heterocycles. The van der Waals surface area contributed by atoms with Crippen molar-refractivity contribution in [3.8, 4) is 21.8 Å². The lowest BCUT2D eigenvalue weighted by Gasteiger charge is -1.90. The van der Waals surface area contributed by atoms with Gasteiger partial charge in [-0.1, -0.05) is 59.9 Å². The zero-order valence-corrected chi connectivity index (χ0v) is 12.2. The van der Waals surface area contributed by atoms with Gasteiger partial charge in [-0.05, 0) is 28.0 Å². The number of hydrogen-bond donors (Lipinski definition) is 0. The smallest absolute Gasteiger partial charge is 0.0622 e. The molecule has 2 nitrogen and oxygen atoms in total. The largest absolute Gasteiger partial charge is 0.353 e. The molecule has 4 rings (SSSR count). The van der Waals surface area contributed by atoms with E-state index in [1.165, 1.54) is 15.3 Å². The molecule has 4 aromatic rings. The second kappa shape index (κ2) is 4.81. The van der Waals surface area contributed by atoms with E-state index in [-0.39, 0.29) is 0 Å². The highest BCUT2D eigenvalue weighted by Gasteiger charge is 2.22. The maximum atomic E-state index is 4.76. The monoisotopic (exact) mass is 295 g/mol. The Balaban J connectivity index is 1.88. The number of rotatable bonds is 2. The summed E-state index contributed by atoms with van der Waals surface area (Å²) in [6.07, 6.45) is 0. The zero-order chi connectivity index (χ0) is 13.4. The molecule has 0 saturated heterocycles. The van der Waals surface area contributed by atoms with Crippen LogP contribution in [0.2, 0.25) is 0 Å². The van der Waals surface area contributed by atoms with E-state index in [0.717, 1.165) is 10.7 Å². The summed E-state index contributed by atoms with van der Waals surface area (Å²) in [5.41, 5.74) is 3.53. The van der Waals surface area contributed by atoms with Crippen molar-refractivity contribution in [2.75, 3.05) is 0 Å². The van der Waals surface area contributed by atoms with Gasteiger partial charge in [0.2, 0.25) is 0 Å². The Hall–Kier alpha value is -2.04. The van der Waals surface area contributed by atoms with Crippen molar-refractivity contribution in [2.45, 2.75) is 0 Å². The SMILES string of the molecule is c1ccc(-c2n[n+]3c(-c4ccccc4)csc3s2)cc1. The van der Waals surface area contributed by atoms with Crippen molar-refractivity contribution in [2.24, 2.45) is 0 Å². The Kier molecular flexibility index (Phi) is 2.83. The lowest BCUT2D eigenvalue weighted by atomic mass is 10.2. The molecule has 0 saturated carbocycles. The van der Waals surface area contributed by atoms with Crippen molar-refractivity contribution >= 4 is 26.8 Å². The Morgan fingerprint density at radius 1 is 0.800 bits per heavy atom. The quantitative estimate of drug-likeness (QED) is 0.505. The first-order valence-electron chi connectivity index (χ1n) is 6.33.